The molecule has 34 heavy (non-hydrogen) atoms. The van der Waals surface area contributed by atoms with Crippen molar-refractivity contribution in [1.82, 2.24) is 15.2 Å². The average Bonchev–Trinajstić information content (AvgIpc) is 3.09. The lowest BCUT2D eigenvalue weighted by molar-refractivity contribution is -0.142. The number of fused-ring (bicyclic) bond motifs is 1. The summed E-state index contributed by atoms with van der Waals surface area (Å²) >= 11 is 0. The van der Waals surface area contributed by atoms with E-state index in [1.165, 1.54) is 37.3 Å². The van der Waals surface area contributed by atoms with Gasteiger partial charge in [-0.05, 0) is 38.2 Å². The lowest BCUT2D eigenvalue weighted by Gasteiger charge is -2.36. The first-order valence-electron chi connectivity index (χ1n) is 10.5. The molecule has 1 unspecified atom stereocenters. The molecule has 1 saturated heterocycles. The molecule has 0 radical (unpaired) electrons. The van der Waals surface area contributed by atoms with Gasteiger partial charge < -0.3 is 19.4 Å². The lowest BCUT2D eigenvalue weighted by atomic mass is 10.0. The zero-order valence-corrected chi connectivity index (χ0v) is 18.4. The first-order chi connectivity index (χ1) is 16.0. The Kier molecular flexibility index (Phi) is 6.24. The van der Waals surface area contributed by atoms with Crippen LogP contribution in [0.5, 0.6) is 5.75 Å². The fourth-order valence-electron chi connectivity index (χ4n) is 3.97. The molecule has 1 aromatic carbocycles. The van der Waals surface area contributed by atoms with Crippen molar-refractivity contribution in [2.24, 2.45) is 0 Å². The van der Waals surface area contributed by atoms with E-state index < -0.39 is 36.3 Å². The minimum Gasteiger partial charge on any atom is -0.489 e. The van der Waals surface area contributed by atoms with Gasteiger partial charge in [-0.1, -0.05) is 6.07 Å². The maximum atomic E-state index is 14.3. The molecule has 1 atom stereocenters. The maximum absolute atomic E-state index is 14.3. The van der Waals surface area contributed by atoms with Gasteiger partial charge in [0.15, 0.2) is 5.69 Å². The van der Waals surface area contributed by atoms with E-state index in [1.54, 1.807) is 11.9 Å². The lowest BCUT2D eigenvalue weighted by Crippen LogP contribution is -2.57. The second kappa shape index (κ2) is 8.86. The first-order valence-corrected chi connectivity index (χ1v) is 10.5. The standard InChI is InChI=1S/C23H22F5N3O3/c1-13-19(21(32)30-18-11-31(2)9-7-22(18,24)25)16-10-15(5-6-17(16)34-13)33-12-14-4-3-8-29-20(14)23(26,27)28/h3-6,8,10,18H,7,9,11-12H2,1-2H3,(H,30,32). The van der Waals surface area contributed by atoms with E-state index in [1.807, 2.05) is 0 Å². The van der Waals surface area contributed by atoms with Crippen LogP contribution in [0.4, 0.5) is 22.0 Å². The number of ether oxygens (including phenoxy) is 1. The predicted octanol–water partition coefficient (Wildman–Crippen LogP) is 4.80. The number of likely N-dealkylation sites (tertiary alicyclic amines) is 1. The second-order valence-electron chi connectivity index (χ2n) is 8.29. The van der Waals surface area contributed by atoms with Crippen molar-refractivity contribution in [3.05, 3.63) is 59.1 Å². The summed E-state index contributed by atoms with van der Waals surface area (Å²) in [6.07, 6.45) is -3.96. The molecule has 4 rings (SSSR count). The van der Waals surface area contributed by atoms with Gasteiger partial charge in [0.2, 0.25) is 0 Å². The fourth-order valence-corrected chi connectivity index (χ4v) is 3.97. The van der Waals surface area contributed by atoms with E-state index in [4.69, 9.17) is 9.15 Å². The van der Waals surface area contributed by atoms with Crippen molar-refractivity contribution >= 4 is 16.9 Å². The van der Waals surface area contributed by atoms with Crippen LogP contribution < -0.4 is 10.1 Å². The van der Waals surface area contributed by atoms with Gasteiger partial charge >= 0.3 is 6.18 Å². The number of rotatable bonds is 5. The highest BCUT2D eigenvalue weighted by Crippen LogP contribution is 2.33. The summed E-state index contributed by atoms with van der Waals surface area (Å²) in [5.74, 6) is -3.37. The Labute approximate surface area is 191 Å². The van der Waals surface area contributed by atoms with E-state index in [0.29, 0.717) is 11.0 Å². The molecule has 3 aromatic rings. The van der Waals surface area contributed by atoms with E-state index in [9.17, 15) is 26.7 Å². The van der Waals surface area contributed by atoms with Crippen LogP contribution in [-0.4, -0.2) is 47.9 Å². The van der Waals surface area contributed by atoms with Crippen LogP contribution in [-0.2, 0) is 12.8 Å². The van der Waals surface area contributed by atoms with Gasteiger partial charge in [-0.3, -0.25) is 9.78 Å². The van der Waals surface area contributed by atoms with Gasteiger partial charge in [-0.25, -0.2) is 8.78 Å². The molecular weight excluding hydrogens is 461 g/mol. The molecule has 1 amide bonds. The minimum atomic E-state index is -4.63. The number of amides is 1. The van der Waals surface area contributed by atoms with Gasteiger partial charge in [0.1, 0.15) is 29.7 Å². The topological polar surface area (TPSA) is 67.6 Å². The quantitative estimate of drug-likeness (QED) is 0.528. The van der Waals surface area contributed by atoms with Crippen molar-refractivity contribution in [3.63, 3.8) is 0 Å². The number of hydrogen-bond donors (Lipinski definition) is 1. The molecular formula is C23H22F5N3O3. The number of piperidine rings is 1. The number of likely N-dealkylation sites (N-methyl/N-ethyl adjacent to an activating group) is 1. The first kappa shape index (κ1) is 23.9. The molecule has 1 fully saturated rings. The van der Waals surface area contributed by atoms with Crippen LogP contribution >= 0.6 is 0 Å². The molecule has 1 aliphatic heterocycles. The zero-order valence-electron chi connectivity index (χ0n) is 18.4. The Bertz CT molecular complexity index is 1210. The molecule has 0 saturated carbocycles. The number of carbonyl (C=O) groups is 1. The summed E-state index contributed by atoms with van der Waals surface area (Å²) in [5.41, 5.74) is -0.810. The number of nitrogens with one attached hydrogen (secondary N) is 1. The molecule has 182 valence electrons. The Hall–Kier alpha value is -3.21. The third-order valence-corrected chi connectivity index (χ3v) is 5.75. The highest BCUT2D eigenvalue weighted by atomic mass is 19.4. The second-order valence-corrected chi connectivity index (χ2v) is 8.29. The Morgan fingerprint density at radius 3 is 2.82 bits per heavy atom. The zero-order chi connectivity index (χ0) is 24.7. The van der Waals surface area contributed by atoms with Crippen molar-refractivity contribution in [2.45, 2.75) is 38.1 Å². The maximum Gasteiger partial charge on any atom is 0.433 e. The summed E-state index contributed by atoms with van der Waals surface area (Å²) in [4.78, 5) is 18.1. The summed E-state index contributed by atoms with van der Waals surface area (Å²) in [5, 5.41) is 2.72. The van der Waals surface area contributed by atoms with Crippen LogP contribution in [0.3, 0.4) is 0 Å². The van der Waals surface area contributed by atoms with Crippen LogP contribution in [0.15, 0.2) is 40.9 Å². The fraction of sp³-hybridized carbons (Fsp3) is 0.391. The summed E-state index contributed by atoms with van der Waals surface area (Å²) in [7, 11) is 1.70. The number of hydrogen-bond acceptors (Lipinski definition) is 5. The SMILES string of the molecule is Cc1oc2ccc(OCc3cccnc3C(F)(F)F)cc2c1C(=O)NC1CN(C)CCC1(F)F. The van der Waals surface area contributed by atoms with Gasteiger partial charge in [-0.15, -0.1) is 0 Å². The van der Waals surface area contributed by atoms with Gasteiger partial charge in [0, 0.05) is 36.7 Å². The number of furan rings is 1. The van der Waals surface area contributed by atoms with Gasteiger partial charge in [-0.2, -0.15) is 13.2 Å². The molecule has 0 bridgehead atoms. The van der Waals surface area contributed by atoms with Crippen LogP contribution in [0, 0.1) is 6.92 Å². The Morgan fingerprint density at radius 1 is 1.32 bits per heavy atom. The number of aryl methyl sites for hydroxylation is 1. The third-order valence-electron chi connectivity index (χ3n) is 5.75. The minimum absolute atomic E-state index is 0.00537. The Balaban J connectivity index is 1.57. The normalized spacial score (nSPS) is 18.7. The van der Waals surface area contributed by atoms with Gasteiger partial charge in [0.05, 0.1) is 5.56 Å². The molecule has 0 spiro atoms. The van der Waals surface area contributed by atoms with E-state index in [2.05, 4.69) is 10.3 Å². The van der Waals surface area contributed by atoms with Crippen LogP contribution in [0.2, 0.25) is 0 Å². The highest BCUT2D eigenvalue weighted by molar-refractivity contribution is 6.07. The largest absolute Gasteiger partial charge is 0.489 e. The molecule has 1 N–H and O–H groups in total. The highest BCUT2D eigenvalue weighted by Gasteiger charge is 2.44. The van der Waals surface area contributed by atoms with Crippen LogP contribution in [0.25, 0.3) is 11.0 Å². The third kappa shape index (κ3) is 4.84. The number of alkyl halides is 5. The number of aromatic nitrogens is 1. The molecule has 11 heteroatoms. The summed E-state index contributed by atoms with van der Waals surface area (Å²) in [6.45, 7) is 1.34. The van der Waals surface area contributed by atoms with Crippen molar-refractivity contribution < 1.29 is 35.9 Å². The van der Waals surface area contributed by atoms with Crippen molar-refractivity contribution in [1.29, 1.82) is 0 Å². The summed E-state index contributed by atoms with van der Waals surface area (Å²) in [6, 6.07) is 5.70. The molecule has 3 heterocycles. The number of nitrogens with zero attached hydrogens (tertiary/aromatic N) is 2. The molecule has 1 aliphatic rings. The number of halogens is 5. The number of carbonyl (C=O) groups excluding carboxylic acids is 1. The van der Waals surface area contributed by atoms with E-state index >= 15 is 0 Å². The van der Waals surface area contributed by atoms with E-state index in [-0.39, 0.29) is 42.1 Å². The van der Waals surface area contributed by atoms with Gasteiger partial charge in [0.25, 0.3) is 11.8 Å². The van der Waals surface area contributed by atoms with Crippen molar-refractivity contribution in [2.75, 3.05) is 20.1 Å². The molecule has 6 nitrogen and oxygen atoms in total. The number of benzene rings is 1. The Morgan fingerprint density at radius 2 is 2.09 bits per heavy atom. The molecule has 2 aromatic heterocycles. The summed E-state index contributed by atoms with van der Waals surface area (Å²) < 4.78 is 79.3. The average molecular weight is 483 g/mol. The van der Waals surface area contributed by atoms with E-state index in [0.717, 1.165) is 6.20 Å². The smallest absolute Gasteiger partial charge is 0.433 e. The monoisotopic (exact) mass is 483 g/mol. The van der Waals surface area contributed by atoms with Crippen LogP contribution in [0.1, 0.15) is 33.8 Å². The molecule has 0 aliphatic carbocycles. The number of pyridine rings is 1. The predicted molar refractivity (Wildman–Crippen MR) is 113 cm³/mol. The van der Waals surface area contributed by atoms with Crippen molar-refractivity contribution in [3.8, 4) is 5.75 Å².